The highest BCUT2D eigenvalue weighted by atomic mass is 15.5. The average Bonchev–Trinajstić information content (AvgIpc) is 1.46. The first-order valence-electron chi connectivity index (χ1n) is 52.9. The van der Waals surface area contributed by atoms with Crippen molar-refractivity contribution in [2.75, 3.05) is 0 Å². The van der Waals surface area contributed by atoms with Crippen LogP contribution in [0.2, 0.25) is 0 Å². The third-order valence-electron chi connectivity index (χ3n) is 29.9. The van der Waals surface area contributed by atoms with E-state index >= 15 is 0 Å². The lowest BCUT2D eigenvalue weighted by atomic mass is 9.82. The van der Waals surface area contributed by atoms with Gasteiger partial charge in [-0.05, 0) is 275 Å². The van der Waals surface area contributed by atoms with Gasteiger partial charge in [-0.1, -0.05) is 420 Å². The summed E-state index contributed by atoms with van der Waals surface area (Å²) in [6.45, 7) is 36.6. The van der Waals surface area contributed by atoms with Crippen molar-refractivity contribution < 1.29 is 0 Å². The van der Waals surface area contributed by atoms with E-state index in [1.54, 1.807) is 4.80 Å². The number of para-hydroxylation sites is 4. The first-order chi connectivity index (χ1) is 72.5. The number of fused-ring (bicyclic) bond motifs is 1. The molecule has 5 heterocycles. The van der Waals surface area contributed by atoms with Crippen LogP contribution < -0.4 is 0 Å². The second-order valence-electron chi connectivity index (χ2n) is 42.2. The van der Waals surface area contributed by atoms with E-state index in [0.29, 0.717) is 47.3 Å². The molecule has 149 heavy (non-hydrogen) atoms. The summed E-state index contributed by atoms with van der Waals surface area (Å²) in [6.07, 6.45) is 16.3. The molecule has 11 nitrogen and oxygen atoms in total. The van der Waals surface area contributed by atoms with Gasteiger partial charge in [0.05, 0.1) is 28.4 Å². The Bertz CT molecular complexity index is 7680. The monoisotopic (exact) mass is 1940 g/mol. The van der Waals surface area contributed by atoms with Crippen LogP contribution in [0.15, 0.2) is 420 Å². The van der Waals surface area contributed by atoms with Crippen LogP contribution in [0.4, 0.5) is 0 Å². The SMILES string of the molecule is CC(C)c1cccc(C(C)C)c1-n1ccnc1-c1ccc(-c2ccccc2-c2cc(-c3ccccc3-c3ccc(-c4nccn4-c4c(C(C)C)cccc4C(C)C)cc3)cc(-c3cccc(-c4cc(-c5ccccc5-c5ccc(-c6nccn6-c6c(C(C)C)cccc6C(C)C)cc5)cc(-c5ccccc5-c5ccc(-c6nccn6-c6c(C(C)C)cccc6C(C)C)cc5)c4)c3-c3ccc(-n4nc5ccccc5n4)cc3)c2)cc1. The van der Waals surface area contributed by atoms with Gasteiger partial charge in [0.15, 0.2) is 0 Å². The highest BCUT2D eigenvalue weighted by Gasteiger charge is 2.29. The molecule has 11 heteroatoms. The van der Waals surface area contributed by atoms with Gasteiger partial charge in [-0.3, -0.25) is 18.3 Å². The fourth-order valence-corrected chi connectivity index (χ4v) is 22.4. The van der Waals surface area contributed by atoms with Gasteiger partial charge in [0.1, 0.15) is 34.3 Å². The van der Waals surface area contributed by atoms with Crippen molar-refractivity contribution in [2.45, 2.75) is 158 Å². The molecule has 0 bridgehead atoms. The van der Waals surface area contributed by atoms with Crippen molar-refractivity contribution >= 4 is 11.0 Å². The lowest BCUT2D eigenvalue weighted by molar-refractivity contribution is 0.766. The van der Waals surface area contributed by atoms with Crippen LogP contribution in [0.1, 0.15) is 203 Å². The van der Waals surface area contributed by atoms with Crippen LogP contribution in [0.5, 0.6) is 0 Å². The number of hydrogen-bond donors (Lipinski definition) is 0. The van der Waals surface area contributed by atoms with Gasteiger partial charge in [0.25, 0.3) is 0 Å². The van der Waals surface area contributed by atoms with E-state index in [1.165, 1.54) is 67.3 Å². The Morgan fingerprint density at radius 2 is 0.349 bits per heavy atom. The first kappa shape index (κ1) is 96.7. The first-order valence-corrected chi connectivity index (χ1v) is 52.9. The van der Waals surface area contributed by atoms with Gasteiger partial charge in [-0.15, -0.1) is 10.2 Å². The molecule has 22 rings (SSSR count). The second kappa shape index (κ2) is 41.1. The zero-order chi connectivity index (χ0) is 103. The topological polar surface area (TPSA) is 102 Å². The molecule has 732 valence electrons. The molecule has 0 aliphatic rings. The van der Waals surface area contributed by atoms with Crippen molar-refractivity contribution in [3.05, 3.63) is 464 Å². The van der Waals surface area contributed by atoms with Crippen molar-refractivity contribution in [1.29, 1.82) is 0 Å². The van der Waals surface area contributed by atoms with Crippen LogP contribution in [-0.4, -0.2) is 53.2 Å². The predicted octanol–water partition coefficient (Wildman–Crippen LogP) is 37.2. The highest BCUT2D eigenvalue weighted by Crippen LogP contribution is 2.51. The Morgan fingerprint density at radius 3 is 0.570 bits per heavy atom. The van der Waals surface area contributed by atoms with E-state index in [-0.39, 0.29) is 0 Å². The zero-order valence-corrected chi connectivity index (χ0v) is 87.9. The fraction of sp³-hybridized carbons (Fsp3) is 0.174. The van der Waals surface area contributed by atoms with E-state index in [9.17, 15) is 0 Å². The molecule has 0 amide bonds. The summed E-state index contributed by atoms with van der Waals surface area (Å²) in [5.41, 5.74) is 45.4. The molecule has 0 radical (unpaired) electrons. The molecule has 0 spiro atoms. The van der Waals surface area contributed by atoms with Crippen LogP contribution in [-0.2, 0) is 0 Å². The van der Waals surface area contributed by atoms with Gasteiger partial charge in [0, 0.05) is 71.8 Å². The van der Waals surface area contributed by atoms with Crippen molar-refractivity contribution in [3.63, 3.8) is 0 Å². The molecule has 0 fully saturated rings. The van der Waals surface area contributed by atoms with Crippen molar-refractivity contribution in [2.24, 2.45) is 0 Å². The minimum Gasteiger partial charge on any atom is -0.299 e. The maximum atomic E-state index is 5.13. The fourth-order valence-electron chi connectivity index (χ4n) is 22.4. The molecule has 0 saturated carbocycles. The highest BCUT2D eigenvalue weighted by molar-refractivity contribution is 6.02. The number of benzene rings is 17. The van der Waals surface area contributed by atoms with Gasteiger partial charge in [0.2, 0.25) is 0 Å². The lowest BCUT2D eigenvalue weighted by Crippen LogP contribution is -2.07. The van der Waals surface area contributed by atoms with Crippen molar-refractivity contribution in [1.82, 2.24) is 53.2 Å². The van der Waals surface area contributed by atoms with Gasteiger partial charge >= 0.3 is 0 Å². The van der Waals surface area contributed by atoms with Crippen LogP contribution in [0, 0.1) is 0 Å². The van der Waals surface area contributed by atoms with Crippen LogP contribution >= 0.6 is 0 Å². The van der Waals surface area contributed by atoms with Crippen molar-refractivity contribution in [3.8, 4) is 196 Å². The Balaban J connectivity index is 0.744. The maximum absolute atomic E-state index is 5.13. The summed E-state index contributed by atoms with van der Waals surface area (Å²) >= 11 is 0. The molecule has 0 N–H and O–H groups in total. The Morgan fingerprint density at radius 1 is 0.168 bits per heavy atom. The summed E-state index contributed by atoms with van der Waals surface area (Å²) in [6, 6.07) is 138. The molecule has 5 aromatic heterocycles. The summed E-state index contributed by atoms with van der Waals surface area (Å²) in [5, 5.41) is 10.1. The number of nitrogens with zero attached hydrogens (tertiary/aromatic N) is 11. The van der Waals surface area contributed by atoms with E-state index < -0.39 is 0 Å². The minimum atomic E-state index is 0.303. The molecule has 17 aromatic carbocycles. The third-order valence-corrected chi connectivity index (χ3v) is 29.9. The molecular weight excluding hydrogens is 1810 g/mol. The Hall–Kier alpha value is -17.0. The van der Waals surface area contributed by atoms with Gasteiger partial charge < -0.3 is 0 Å². The Labute approximate surface area is 876 Å². The number of rotatable bonds is 28. The largest absolute Gasteiger partial charge is 0.299 e. The number of aromatic nitrogens is 11. The van der Waals surface area contributed by atoms with Crippen LogP contribution in [0.3, 0.4) is 0 Å². The quantitative estimate of drug-likeness (QED) is 0.0484. The van der Waals surface area contributed by atoms with Gasteiger partial charge in [-0.25, -0.2) is 19.9 Å². The summed E-state index contributed by atoms with van der Waals surface area (Å²) in [5.74, 6) is 6.03. The molecular formula is C138H125N11. The molecule has 0 saturated heterocycles. The zero-order valence-electron chi connectivity index (χ0n) is 87.9. The van der Waals surface area contributed by atoms with E-state index in [4.69, 9.17) is 30.1 Å². The molecule has 0 aliphatic heterocycles. The third kappa shape index (κ3) is 18.6. The standard InChI is InChI=1S/C138H125N11/c1-86(2)110-40-27-41-111(87(3)4)131(110)145-76-72-139-135(145)99-60-52-94(53-61-99)118-32-17-21-36-122(118)103-80-104(123-37-22-18-33-119(123)95-54-62-100(63-55-95)136-140-73-77-146(136)132-112(88(5)6)42-28-43-113(132)89(7)8)83-107(82-103)126-48-31-49-127(130(126)98-68-70-109(71-69-98)149-143-128-50-25-26-51-129(128)144-149)108-84-105(124-38-23-19-34-120(124)96-56-64-101(65-57-96)137-141-74-78-147(137)133-114(90(9)10)44-29-45-115(133)91(11)12)81-106(85-108)125-39-24-20-35-121(125)97-58-66-102(67-59-97)138-142-75-79-148(138)134-116(92(13)14)46-30-47-117(134)93(15)16/h17-93H,1-16H3. The smallest absolute Gasteiger partial charge is 0.144 e. The Kier molecular flexibility index (Phi) is 26.7. The molecule has 0 unspecified atom stereocenters. The van der Waals surface area contributed by atoms with E-state index in [2.05, 4.69) is 500 Å². The lowest BCUT2D eigenvalue weighted by Gasteiger charge is -2.22. The minimum absolute atomic E-state index is 0.303. The van der Waals surface area contributed by atoms with Gasteiger partial charge in [-0.2, -0.15) is 4.80 Å². The van der Waals surface area contributed by atoms with Crippen LogP contribution in [0.25, 0.3) is 207 Å². The molecule has 22 aromatic rings. The normalized spacial score (nSPS) is 11.8. The average molecular weight is 1940 g/mol. The second-order valence-corrected chi connectivity index (χ2v) is 42.2. The summed E-state index contributed by atoms with van der Waals surface area (Å²) < 4.78 is 9.24. The summed E-state index contributed by atoms with van der Waals surface area (Å²) in [4.78, 5) is 22.3. The van der Waals surface area contributed by atoms with E-state index in [0.717, 1.165) is 185 Å². The summed E-state index contributed by atoms with van der Waals surface area (Å²) in [7, 11) is 0. The molecule has 0 aliphatic carbocycles. The molecule has 0 atom stereocenters. The number of imidazole rings is 4. The van der Waals surface area contributed by atoms with E-state index in [1.807, 2.05) is 49.1 Å². The predicted molar refractivity (Wildman–Crippen MR) is 622 cm³/mol. The number of hydrogen-bond acceptors (Lipinski definition) is 6. The maximum Gasteiger partial charge on any atom is 0.144 e.